The molecule has 29 heavy (non-hydrogen) atoms. The van der Waals surface area contributed by atoms with Gasteiger partial charge >= 0.3 is 0 Å². The normalized spacial score (nSPS) is 19.7. The molecule has 3 aromatic carbocycles. The summed E-state index contributed by atoms with van der Waals surface area (Å²) in [5, 5.41) is 3.36. The predicted octanol–water partition coefficient (Wildman–Crippen LogP) is 4.84. The Morgan fingerprint density at radius 1 is 0.966 bits per heavy atom. The minimum atomic E-state index is -0.429. The summed E-state index contributed by atoms with van der Waals surface area (Å²) < 4.78 is 13.4. The van der Waals surface area contributed by atoms with Crippen LogP contribution in [0.1, 0.15) is 28.8 Å². The number of carbonyl (C=O) groups excluding carboxylic acids is 1. The van der Waals surface area contributed by atoms with Crippen LogP contribution in [0.2, 0.25) is 0 Å². The van der Waals surface area contributed by atoms with Gasteiger partial charge in [-0.05, 0) is 61.3 Å². The summed E-state index contributed by atoms with van der Waals surface area (Å²) in [6, 6.07) is 24.0. The molecule has 1 aliphatic rings. The molecule has 0 radical (unpaired) electrons. The lowest BCUT2D eigenvalue weighted by Gasteiger charge is -2.42. The standard InChI is InChI=1S/C25H25FN2O/c1-28-17-7-16-25(18-28,20-8-3-2-4-9-20)27-24(29)23-11-6-5-10-22(23)19-12-14-21(26)15-13-19/h2-6,8-15H,7,16-18H2,1H3,(H,27,29). The largest absolute Gasteiger partial charge is 0.341 e. The van der Waals surface area contributed by atoms with Crippen LogP contribution in [0.25, 0.3) is 11.1 Å². The Labute approximate surface area is 171 Å². The molecular formula is C25H25FN2O. The summed E-state index contributed by atoms with van der Waals surface area (Å²) in [6.07, 6.45) is 1.91. The van der Waals surface area contributed by atoms with Gasteiger partial charge in [0.15, 0.2) is 0 Å². The van der Waals surface area contributed by atoms with Gasteiger partial charge in [-0.25, -0.2) is 4.39 Å². The maximum Gasteiger partial charge on any atom is 0.252 e. The van der Waals surface area contributed by atoms with E-state index in [9.17, 15) is 9.18 Å². The average Bonchev–Trinajstić information content (AvgIpc) is 2.75. The van der Waals surface area contributed by atoms with E-state index >= 15 is 0 Å². The van der Waals surface area contributed by atoms with Crippen LogP contribution >= 0.6 is 0 Å². The van der Waals surface area contributed by atoms with Crippen LogP contribution in [0.5, 0.6) is 0 Å². The maximum atomic E-state index is 13.5. The number of carbonyl (C=O) groups is 1. The highest BCUT2D eigenvalue weighted by molar-refractivity contribution is 6.01. The maximum absolute atomic E-state index is 13.5. The van der Waals surface area contributed by atoms with Crippen molar-refractivity contribution in [3.63, 3.8) is 0 Å². The Hall–Kier alpha value is -2.98. The first-order valence-electron chi connectivity index (χ1n) is 9.99. The minimum Gasteiger partial charge on any atom is -0.341 e. The minimum absolute atomic E-state index is 0.107. The zero-order valence-corrected chi connectivity index (χ0v) is 16.6. The zero-order valence-electron chi connectivity index (χ0n) is 16.6. The lowest BCUT2D eigenvalue weighted by atomic mass is 9.82. The van der Waals surface area contributed by atoms with Gasteiger partial charge in [0.2, 0.25) is 0 Å². The van der Waals surface area contributed by atoms with E-state index in [1.54, 1.807) is 12.1 Å². The molecule has 0 saturated carbocycles. The summed E-state index contributed by atoms with van der Waals surface area (Å²) >= 11 is 0. The number of nitrogens with one attached hydrogen (secondary N) is 1. The second-order valence-corrected chi connectivity index (χ2v) is 7.80. The highest BCUT2D eigenvalue weighted by atomic mass is 19.1. The fraction of sp³-hybridized carbons (Fsp3) is 0.240. The molecule has 3 nitrogen and oxygen atoms in total. The Morgan fingerprint density at radius 3 is 2.38 bits per heavy atom. The van der Waals surface area contributed by atoms with Crippen LogP contribution in [0, 0.1) is 5.82 Å². The van der Waals surface area contributed by atoms with Crippen molar-refractivity contribution in [1.29, 1.82) is 0 Å². The van der Waals surface area contributed by atoms with Gasteiger partial charge in [0.05, 0.1) is 5.54 Å². The molecule has 4 heteroatoms. The Kier molecular flexibility index (Phi) is 5.45. The van der Waals surface area contributed by atoms with Crippen molar-refractivity contribution < 1.29 is 9.18 Å². The fourth-order valence-corrected chi connectivity index (χ4v) is 4.28. The van der Waals surface area contributed by atoms with Crippen LogP contribution in [-0.4, -0.2) is 30.9 Å². The molecule has 0 aliphatic carbocycles. The van der Waals surface area contributed by atoms with Gasteiger partial charge in [0.1, 0.15) is 5.82 Å². The molecule has 1 amide bonds. The smallest absolute Gasteiger partial charge is 0.252 e. The Balaban J connectivity index is 1.70. The topological polar surface area (TPSA) is 32.3 Å². The molecular weight excluding hydrogens is 363 g/mol. The van der Waals surface area contributed by atoms with Crippen molar-refractivity contribution in [2.45, 2.75) is 18.4 Å². The molecule has 1 atom stereocenters. The Bertz CT molecular complexity index is 987. The second kappa shape index (κ2) is 8.18. The van der Waals surface area contributed by atoms with E-state index in [-0.39, 0.29) is 11.7 Å². The van der Waals surface area contributed by atoms with Gasteiger partial charge in [-0.2, -0.15) is 0 Å². The summed E-state index contributed by atoms with van der Waals surface area (Å²) in [6.45, 7) is 1.79. The molecule has 1 fully saturated rings. The zero-order chi connectivity index (χ0) is 20.3. The first-order valence-corrected chi connectivity index (χ1v) is 9.99. The third-order valence-corrected chi connectivity index (χ3v) is 5.69. The van der Waals surface area contributed by atoms with Crippen LogP contribution in [0.4, 0.5) is 4.39 Å². The molecule has 1 N–H and O–H groups in total. The van der Waals surface area contributed by atoms with Crippen molar-refractivity contribution in [2.24, 2.45) is 0 Å². The summed E-state index contributed by atoms with van der Waals surface area (Å²) in [5.41, 5.74) is 2.92. The molecule has 1 unspecified atom stereocenters. The number of rotatable bonds is 4. The lowest BCUT2D eigenvalue weighted by Crippen LogP contribution is -2.55. The van der Waals surface area contributed by atoms with Gasteiger partial charge in [-0.1, -0.05) is 60.7 Å². The van der Waals surface area contributed by atoms with Crippen molar-refractivity contribution in [3.05, 3.63) is 95.8 Å². The third kappa shape index (κ3) is 4.08. The van der Waals surface area contributed by atoms with Crippen LogP contribution < -0.4 is 5.32 Å². The van der Waals surface area contributed by atoms with E-state index in [1.807, 2.05) is 42.5 Å². The van der Waals surface area contributed by atoms with E-state index in [1.165, 1.54) is 12.1 Å². The molecule has 0 bridgehead atoms. The molecule has 0 aromatic heterocycles. The quantitative estimate of drug-likeness (QED) is 0.693. The SMILES string of the molecule is CN1CCCC(NC(=O)c2ccccc2-c2ccc(F)cc2)(c2ccccc2)C1. The van der Waals surface area contributed by atoms with E-state index in [4.69, 9.17) is 0 Å². The number of hydrogen-bond donors (Lipinski definition) is 1. The molecule has 0 spiro atoms. The second-order valence-electron chi connectivity index (χ2n) is 7.80. The highest BCUT2D eigenvalue weighted by Gasteiger charge is 2.37. The molecule has 3 aromatic rings. The summed E-state index contributed by atoms with van der Waals surface area (Å²) in [7, 11) is 2.09. The molecule has 4 rings (SSSR count). The lowest BCUT2D eigenvalue weighted by molar-refractivity contribution is 0.0808. The van der Waals surface area contributed by atoms with Gasteiger partial charge in [0.25, 0.3) is 5.91 Å². The third-order valence-electron chi connectivity index (χ3n) is 5.69. The van der Waals surface area contributed by atoms with E-state index in [2.05, 4.69) is 29.4 Å². The number of likely N-dealkylation sites (N-methyl/N-ethyl adjacent to an activating group) is 1. The number of nitrogens with zero attached hydrogens (tertiary/aromatic N) is 1. The number of likely N-dealkylation sites (tertiary alicyclic amines) is 1. The number of piperidine rings is 1. The van der Waals surface area contributed by atoms with Gasteiger partial charge in [0, 0.05) is 12.1 Å². The van der Waals surface area contributed by atoms with E-state index in [0.29, 0.717) is 5.56 Å². The number of hydrogen-bond acceptors (Lipinski definition) is 2. The molecule has 1 saturated heterocycles. The number of halogens is 1. The molecule has 1 aliphatic heterocycles. The van der Waals surface area contributed by atoms with Gasteiger partial charge in [-0.3, -0.25) is 4.79 Å². The molecule has 1 heterocycles. The summed E-state index contributed by atoms with van der Waals surface area (Å²) in [4.78, 5) is 15.7. The average molecular weight is 388 g/mol. The van der Waals surface area contributed by atoms with E-state index < -0.39 is 5.54 Å². The first kappa shape index (κ1) is 19.3. The van der Waals surface area contributed by atoms with Crippen molar-refractivity contribution >= 4 is 5.91 Å². The van der Waals surface area contributed by atoms with Crippen LogP contribution in [-0.2, 0) is 5.54 Å². The van der Waals surface area contributed by atoms with Crippen molar-refractivity contribution in [1.82, 2.24) is 10.2 Å². The first-order chi connectivity index (χ1) is 14.1. The Morgan fingerprint density at radius 2 is 1.66 bits per heavy atom. The number of amides is 1. The summed E-state index contributed by atoms with van der Waals surface area (Å²) in [5.74, 6) is -0.395. The predicted molar refractivity (Wildman–Crippen MR) is 114 cm³/mol. The van der Waals surface area contributed by atoms with E-state index in [0.717, 1.165) is 42.6 Å². The van der Waals surface area contributed by atoms with Crippen molar-refractivity contribution in [2.75, 3.05) is 20.1 Å². The van der Waals surface area contributed by atoms with Crippen LogP contribution in [0.3, 0.4) is 0 Å². The van der Waals surface area contributed by atoms with Gasteiger partial charge in [-0.15, -0.1) is 0 Å². The molecule has 148 valence electrons. The highest BCUT2D eigenvalue weighted by Crippen LogP contribution is 2.32. The van der Waals surface area contributed by atoms with Gasteiger partial charge < -0.3 is 10.2 Å². The van der Waals surface area contributed by atoms with Crippen molar-refractivity contribution in [3.8, 4) is 11.1 Å². The monoisotopic (exact) mass is 388 g/mol. The number of benzene rings is 3. The van der Waals surface area contributed by atoms with Crippen LogP contribution in [0.15, 0.2) is 78.9 Å². The fourth-order valence-electron chi connectivity index (χ4n) is 4.28.